The van der Waals surface area contributed by atoms with E-state index in [0.29, 0.717) is 0 Å². The molecule has 0 radical (unpaired) electrons. The Morgan fingerprint density at radius 2 is 2.06 bits per heavy atom. The third-order valence-electron chi connectivity index (χ3n) is 2.90. The van der Waals surface area contributed by atoms with E-state index in [1.54, 1.807) is 18.1 Å². The number of rotatable bonds is 6. The average molecular weight is 241 g/mol. The van der Waals surface area contributed by atoms with Gasteiger partial charge >= 0.3 is 0 Å². The topological polar surface area (TPSA) is 58.0 Å². The summed E-state index contributed by atoms with van der Waals surface area (Å²) in [6.45, 7) is 4.23. The lowest BCUT2D eigenvalue weighted by atomic mass is 9.94. The molecule has 4 nitrogen and oxygen atoms in total. The number of nitrogens with zero attached hydrogens (tertiary/aromatic N) is 2. The first-order valence-electron chi connectivity index (χ1n) is 5.44. The van der Waals surface area contributed by atoms with Crippen molar-refractivity contribution < 1.29 is 5.11 Å². The quantitative estimate of drug-likeness (QED) is 0.590. The van der Waals surface area contributed by atoms with Gasteiger partial charge in [-0.15, -0.1) is 11.8 Å². The number of nitrogens with one attached hydrogen (secondary N) is 1. The van der Waals surface area contributed by atoms with Gasteiger partial charge in [0.25, 0.3) is 0 Å². The molecule has 0 fully saturated rings. The van der Waals surface area contributed by atoms with E-state index < -0.39 is 0 Å². The summed E-state index contributed by atoms with van der Waals surface area (Å²) in [4.78, 5) is 8.28. The van der Waals surface area contributed by atoms with Crippen LogP contribution in [0.2, 0.25) is 0 Å². The van der Waals surface area contributed by atoms with Crippen LogP contribution in [-0.4, -0.2) is 33.5 Å². The maximum Gasteiger partial charge on any atom is 0.130 e. The van der Waals surface area contributed by atoms with Gasteiger partial charge in [0.1, 0.15) is 17.2 Å². The second-order valence-corrected chi connectivity index (χ2v) is 4.54. The molecule has 1 heterocycles. The van der Waals surface area contributed by atoms with Crippen LogP contribution >= 0.6 is 11.8 Å². The number of hydrogen-bond donors (Lipinski definition) is 2. The fourth-order valence-electron chi connectivity index (χ4n) is 1.48. The highest BCUT2D eigenvalue weighted by Gasteiger charge is 2.25. The Morgan fingerprint density at radius 1 is 1.38 bits per heavy atom. The van der Waals surface area contributed by atoms with Crippen LogP contribution < -0.4 is 5.32 Å². The van der Waals surface area contributed by atoms with E-state index in [1.165, 1.54) is 0 Å². The largest absolute Gasteiger partial charge is 0.394 e. The highest BCUT2D eigenvalue weighted by Crippen LogP contribution is 2.22. The number of aromatic nitrogens is 2. The molecule has 0 spiro atoms. The molecule has 2 N–H and O–H groups in total. The Kier molecular flexibility index (Phi) is 5.02. The number of thioether (sulfide) groups is 1. The van der Waals surface area contributed by atoms with Crippen LogP contribution in [0, 0.1) is 0 Å². The molecular weight excluding hydrogens is 222 g/mol. The minimum absolute atomic E-state index is 0.110. The van der Waals surface area contributed by atoms with Crippen LogP contribution in [0.3, 0.4) is 0 Å². The van der Waals surface area contributed by atoms with Gasteiger partial charge in [-0.3, -0.25) is 0 Å². The summed E-state index contributed by atoms with van der Waals surface area (Å²) in [7, 11) is 0. The summed E-state index contributed by atoms with van der Waals surface area (Å²) in [5.41, 5.74) is -0.274. The molecule has 0 amide bonds. The van der Waals surface area contributed by atoms with Gasteiger partial charge in [-0.1, -0.05) is 13.8 Å². The Bertz CT molecular complexity index is 320. The Hall–Kier alpha value is -0.810. The zero-order valence-corrected chi connectivity index (χ0v) is 10.8. The lowest BCUT2D eigenvalue weighted by molar-refractivity contribution is 0.202. The van der Waals surface area contributed by atoms with Crippen molar-refractivity contribution >= 4 is 17.6 Å². The molecule has 0 aromatic carbocycles. The monoisotopic (exact) mass is 241 g/mol. The highest BCUT2D eigenvalue weighted by molar-refractivity contribution is 7.98. The Balaban J connectivity index is 2.84. The first kappa shape index (κ1) is 13.3. The molecule has 0 unspecified atom stereocenters. The summed E-state index contributed by atoms with van der Waals surface area (Å²) < 4.78 is 0. The van der Waals surface area contributed by atoms with E-state index in [9.17, 15) is 5.11 Å². The summed E-state index contributed by atoms with van der Waals surface area (Å²) in [5.74, 6) is 0.775. The van der Waals surface area contributed by atoms with Crippen molar-refractivity contribution in [3.05, 3.63) is 12.4 Å². The molecule has 0 aliphatic rings. The third kappa shape index (κ3) is 3.09. The van der Waals surface area contributed by atoms with Crippen molar-refractivity contribution in [1.82, 2.24) is 9.97 Å². The van der Waals surface area contributed by atoms with Crippen LogP contribution in [-0.2, 0) is 0 Å². The summed E-state index contributed by atoms with van der Waals surface area (Å²) in [6.07, 6.45) is 5.24. The third-order valence-corrected chi connectivity index (χ3v) is 3.54. The smallest absolute Gasteiger partial charge is 0.130 e. The predicted molar refractivity (Wildman–Crippen MR) is 67.8 cm³/mol. The van der Waals surface area contributed by atoms with E-state index in [1.807, 2.05) is 12.3 Å². The van der Waals surface area contributed by atoms with Crippen molar-refractivity contribution in [3.8, 4) is 0 Å². The van der Waals surface area contributed by atoms with Gasteiger partial charge in [-0.25, -0.2) is 9.97 Å². The minimum Gasteiger partial charge on any atom is -0.394 e. The summed E-state index contributed by atoms with van der Waals surface area (Å²) >= 11 is 1.58. The maximum atomic E-state index is 9.45. The van der Waals surface area contributed by atoms with Crippen molar-refractivity contribution in [1.29, 1.82) is 0 Å². The van der Waals surface area contributed by atoms with Gasteiger partial charge in [0, 0.05) is 6.07 Å². The zero-order chi connectivity index (χ0) is 12.0. The van der Waals surface area contributed by atoms with E-state index in [0.717, 1.165) is 23.7 Å². The van der Waals surface area contributed by atoms with E-state index >= 15 is 0 Å². The molecule has 1 aromatic heterocycles. The number of hydrogen-bond acceptors (Lipinski definition) is 5. The predicted octanol–water partition coefficient (Wildman–Crippen LogP) is 2.16. The van der Waals surface area contributed by atoms with Gasteiger partial charge in [0.05, 0.1) is 12.1 Å². The van der Waals surface area contributed by atoms with Gasteiger partial charge in [-0.2, -0.15) is 0 Å². The van der Waals surface area contributed by atoms with Crippen LogP contribution in [0.15, 0.2) is 17.4 Å². The summed E-state index contributed by atoms with van der Waals surface area (Å²) in [6, 6.07) is 1.90. The molecule has 0 saturated heterocycles. The fourth-order valence-corrected chi connectivity index (χ4v) is 1.86. The fraction of sp³-hybridized carbons (Fsp3) is 0.636. The molecule has 1 rings (SSSR count). The molecule has 0 atom stereocenters. The van der Waals surface area contributed by atoms with Gasteiger partial charge in [-0.05, 0) is 19.1 Å². The molecule has 0 aliphatic heterocycles. The molecule has 90 valence electrons. The SMILES string of the molecule is CCC(CC)(CO)Nc1cc(SC)ncn1. The lowest BCUT2D eigenvalue weighted by Crippen LogP contribution is -2.41. The van der Waals surface area contributed by atoms with Crippen molar-refractivity contribution in [2.45, 2.75) is 37.3 Å². The van der Waals surface area contributed by atoms with E-state index in [4.69, 9.17) is 0 Å². The first-order chi connectivity index (χ1) is 7.69. The normalized spacial score (nSPS) is 11.5. The van der Waals surface area contributed by atoms with Crippen LogP contribution in [0.1, 0.15) is 26.7 Å². The second kappa shape index (κ2) is 6.06. The lowest BCUT2D eigenvalue weighted by Gasteiger charge is -2.31. The minimum atomic E-state index is -0.274. The Morgan fingerprint density at radius 3 is 2.56 bits per heavy atom. The maximum absolute atomic E-state index is 9.45. The van der Waals surface area contributed by atoms with Crippen molar-refractivity contribution in [2.24, 2.45) is 0 Å². The van der Waals surface area contributed by atoms with Crippen LogP contribution in [0.25, 0.3) is 0 Å². The molecule has 0 aliphatic carbocycles. The molecule has 1 aromatic rings. The summed E-state index contributed by atoms with van der Waals surface area (Å²) in [5, 5.41) is 13.7. The average Bonchev–Trinajstić information content (AvgIpc) is 2.36. The molecule has 0 bridgehead atoms. The molecular formula is C11H19N3OS. The van der Waals surface area contributed by atoms with Crippen LogP contribution in [0.4, 0.5) is 5.82 Å². The zero-order valence-electron chi connectivity index (χ0n) is 10.0. The van der Waals surface area contributed by atoms with Gasteiger partial charge < -0.3 is 10.4 Å². The van der Waals surface area contributed by atoms with Gasteiger partial charge in [0.15, 0.2) is 0 Å². The number of aliphatic hydroxyl groups is 1. The van der Waals surface area contributed by atoms with Gasteiger partial charge in [0.2, 0.25) is 0 Å². The molecule has 5 heteroatoms. The van der Waals surface area contributed by atoms with Crippen molar-refractivity contribution in [2.75, 3.05) is 18.2 Å². The molecule has 0 saturated carbocycles. The van der Waals surface area contributed by atoms with E-state index in [2.05, 4.69) is 29.1 Å². The molecule has 16 heavy (non-hydrogen) atoms. The number of aliphatic hydroxyl groups excluding tert-OH is 1. The Labute approximate surface area is 101 Å². The van der Waals surface area contributed by atoms with Crippen molar-refractivity contribution in [3.63, 3.8) is 0 Å². The second-order valence-electron chi connectivity index (χ2n) is 3.72. The van der Waals surface area contributed by atoms with E-state index in [-0.39, 0.29) is 12.1 Å². The standard InChI is InChI=1S/C11H19N3OS/c1-4-11(5-2,7-15)14-9-6-10(16-3)13-8-12-9/h6,8,15H,4-5,7H2,1-3H3,(H,12,13,14). The highest BCUT2D eigenvalue weighted by atomic mass is 32.2. The first-order valence-corrected chi connectivity index (χ1v) is 6.67. The number of anilines is 1. The van der Waals surface area contributed by atoms with Crippen LogP contribution in [0.5, 0.6) is 0 Å².